The molecule has 0 aliphatic rings. The summed E-state index contributed by atoms with van der Waals surface area (Å²) in [6, 6.07) is 0. The average molecular weight is 122 g/mol. The Morgan fingerprint density at radius 2 is 1.78 bits per heavy atom. The first-order valence-corrected chi connectivity index (χ1v) is 3.63. The first kappa shape index (κ1) is 8.80. The van der Waals surface area contributed by atoms with E-state index in [0.717, 1.165) is 19.2 Å². The van der Waals surface area contributed by atoms with Crippen molar-refractivity contribution in [3.63, 3.8) is 0 Å². The molecule has 0 spiro atoms. The molecule has 0 nitrogen and oxygen atoms in total. The van der Waals surface area contributed by atoms with Gasteiger partial charge in [0.1, 0.15) is 0 Å². The van der Waals surface area contributed by atoms with Gasteiger partial charge in [0.15, 0.2) is 0 Å². The van der Waals surface area contributed by atoms with Crippen molar-refractivity contribution >= 4 is 7.85 Å². The zero-order valence-corrected chi connectivity index (χ0v) is 6.70. The van der Waals surface area contributed by atoms with E-state index in [1.54, 1.807) is 0 Å². The lowest BCUT2D eigenvalue weighted by Crippen LogP contribution is -1.85. The van der Waals surface area contributed by atoms with Crippen LogP contribution in [0.25, 0.3) is 0 Å². The van der Waals surface area contributed by atoms with Crippen molar-refractivity contribution in [3.05, 3.63) is 11.1 Å². The normalized spacial score (nSPS) is 13.2. The molecule has 0 heterocycles. The van der Waals surface area contributed by atoms with Gasteiger partial charge in [-0.05, 0) is 19.8 Å². The van der Waals surface area contributed by atoms with Crippen LogP contribution in [0.3, 0.4) is 0 Å². The zero-order valence-electron chi connectivity index (χ0n) is 6.70. The Morgan fingerprint density at radius 1 is 1.22 bits per heavy atom. The van der Waals surface area contributed by atoms with Crippen LogP contribution in [-0.2, 0) is 0 Å². The summed E-state index contributed by atoms with van der Waals surface area (Å²) < 4.78 is 0. The summed E-state index contributed by atoms with van der Waals surface area (Å²) in [7, 11) is 5.50. The summed E-state index contributed by atoms with van der Waals surface area (Å²) in [5.41, 5.74) is 2.87. The van der Waals surface area contributed by atoms with E-state index < -0.39 is 0 Å². The highest BCUT2D eigenvalue weighted by atomic mass is 14.0. The quantitative estimate of drug-likeness (QED) is 0.398. The van der Waals surface area contributed by atoms with Crippen molar-refractivity contribution in [1.82, 2.24) is 0 Å². The molecule has 0 unspecified atom stereocenters. The van der Waals surface area contributed by atoms with Crippen LogP contribution in [-0.4, -0.2) is 7.85 Å². The molecular formula is C8H15B. The number of hydrogen-bond donors (Lipinski definition) is 0. The van der Waals surface area contributed by atoms with Gasteiger partial charge in [-0.1, -0.05) is 31.3 Å². The topological polar surface area (TPSA) is 0 Å². The number of rotatable bonds is 3. The molecule has 0 N–H and O–H groups in total. The fourth-order valence-corrected chi connectivity index (χ4v) is 0.870. The second-order valence-electron chi connectivity index (χ2n) is 2.30. The van der Waals surface area contributed by atoms with Crippen molar-refractivity contribution in [1.29, 1.82) is 0 Å². The summed E-state index contributed by atoms with van der Waals surface area (Å²) in [5.74, 6) is 0. The van der Waals surface area contributed by atoms with Crippen LogP contribution in [0.4, 0.5) is 0 Å². The maximum Gasteiger partial charge on any atom is 0.0712 e. The Balaban J connectivity index is 4.01. The molecule has 0 atom stereocenters. The zero-order chi connectivity index (χ0) is 7.28. The van der Waals surface area contributed by atoms with Gasteiger partial charge >= 0.3 is 0 Å². The minimum atomic E-state index is 0.732. The Labute approximate surface area is 59.8 Å². The molecule has 0 saturated heterocycles. The van der Waals surface area contributed by atoms with Crippen LogP contribution in [0.15, 0.2) is 11.1 Å². The summed E-state index contributed by atoms with van der Waals surface area (Å²) in [4.78, 5) is 0. The van der Waals surface area contributed by atoms with Crippen LogP contribution < -0.4 is 0 Å². The van der Waals surface area contributed by atoms with Gasteiger partial charge < -0.3 is 0 Å². The molecule has 0 bridgehead atoms. The van der Waals surface area contributed by atoms with Crippen LogP contribution in [0.1, 0.15) is 33.6 Å². The minimum Gasteiger partial charge on any atom is -0.0801 e. The summed E-state index contributed by atoms with van der Waals surface area (Å²) in [6.45, 7) is 6.48. The largest absolute Gasteiger partial charge is 0.0801 e. The third kappa shape index (κ3) is 2.74. The third-order valence-corrected chi connectivity index (χ3v) is 1.81. The molecule has 0 aromatic carbocycles. The van der Waals surface area contributed by atoms with Gasteiger partial charge in [0.05, 0.1) is 7.85 Å². The van der Waals surface area contributed by atoms with Crippen molar-refractivity contribution in [3.8, 4) is 0 Å². The predicted octanol–water partition coefficient (Wildman–Crippen LogP) is 2.71. The Hall–Kier alpha value is -0.195. The second kappa shape index (κ2) is 4.66. The maximum absolute atomic E-state index is 5.50. The van der Waals surface area contributed by atoms with E-state index in [1.807, 2.05) is 0 Å². The average Bonchev–Trinajstić information content (AvgIpc) is 1.90. The van der Waals surface area contributed by atoms with Gasteiger partial charge in [-0.25, -0.2) is 0 Å². The van der Waals surface area contributed by atoms with Crippen LogP contribution >= 0.6 is 0 Å². The molecule has 0 aromatic rings. The lowest BCUT2D eigenvalue weighted by molar-refractivity contribution is 0.984. The van der Waals surface area contributed by atoms with Gasteiger partial charge in [-0.15, -0.1) is 0 Å². The van der Waals surface area contributed by atoms with E-state index >= 15 is 0 Å². The smallest absolute Gasteiger partial charge is 0.0712 e. The molecule has 0 aromatic heterocycles. The monoisotopic (exact) mass is 122 g/mol. The first-order valence-electron chi connectivity index (χ1n) is 3.63. The molecule has 50 valence electrons. The predicted molar refractivity (Wildman–Crippen MR) is 43.8 cm³/mol. The van der Waals surface area contributed by atoms with Crippen LogP contribution in [0.5, 0.6) is 0 Å². The lowest BCUT2D eigenvalue weighted by atomic mass is 9.91. The van der Waals surface area contributed by atoms with Crippen molar-refractivity contribution in [2.45, 2.75) is 39.9 Å². The molecule has 0 rings (SSSR count). The minimum absolute atomic E-state index is 0.732. The number of hydrogen-bond acceptors (Lipinski definition) is 0. The molecule has 0 saturated carbocycles. The molecule has 9 heavy (non-hydrogen) atoms. The highest BCUT2D eigenvalue weighted by Crippen LogP contribution is 2.13. The highest BCUT2D eigenvalue weighted by molar-refractivity contribution is 6.10. The standard InChI is InChI=1S/C8H15B/c1-4-7(3)8(5-2)6-9/h4-6H2,1-3H3. The van der Waals surface area contributed by atoms with Gasteiger partial charge in [0.25, 0.3) is 0 Å². The van der Waals surface area contributed by atoms with E-state index in [4.69, 9.17) is 7.85 Å². The second-order valence-corrected chi connectivity index (χ2v) is 2.30. The Morgan fingerprint density at radius 3 is 1.89 bits per heavy atom. The summed E-state index contributed by atoms with van der Waals surface area (Å²) >= 11 is 0. The first-order chi connectivity index (χ1) is 4.26. The summed E-state index contributed by atoms with van der Waals surface area (Å²) in [5, 5.41) is 0. The summed E-state index contributed by atoms with van der Waals surface area (Å²) in [6.07, 6.45) is 2.98. The molecule has 2 radical (unpaired) electrons. The Kier molecular flexibility index (Phi) is 4.56. The highest BCUT2D eigenvalue weighted by Gasteiger charge is 1.93. The van der Waals surface area contributed by atoms with Crippen LogP contribution in [0.2, 0.25) is 6.32 Å². The maximum atomic E-state index is 5.50. The van der Waals surface area contributed by atoms with E-state index in [-0.39, 0.29) is 0 Å². The Bertz CT molecular complexity index is 97.1. The van der Waals surface area contributed by atoms with Gasteiger partial charge in [0.2, 0.25) is 0 Å². The van der Waals surface area contributed by atoms with Crippen molar-refractivity contribution < 1.29 is 0 Å². The van der Waals surface area contributed by atoms with Gasteiger partial charge in [-0.2, -0.15) is 0 Å². The fourth-order valence-electron chi connectivity index (χ4n) is 0.870. The van der Waals surface area contributed by atoms with E-state index in [2.05, 4.69) is 20.8 Å². The SMILES string of the molecule is [B]CC(CC)=C(C)CC. The van der Waals surface area contributed by atoms with Gasteiger partial charge in [0, 0.05) is 0 Å². The number of allylic oxidation sites excluding steroid dienone is 2. The van der Waals surface area contributed by atoms with Crippen LogP contribution in [0, 0.1) is 0 Å². The molecular weight excluding hydrogens is 107 g/mol. The molecule has 0 fully saturated rings. The van der Waals surface area contributed by atoms with E-state index in [1.165, 1.54) is 11.1 Å². The fraction of sp³-hybridized carbons (Fsp3) is 0.750. The van der Waals surface area contributed by atoms with E-state index in [0.29, 0.717) is 0 Å². The van der Waals surface area contributed by atoms with Gasteiger partial charge in [-0.3, -0.25) is 0 Å². The molecule has 0 amide bonds. The molecule has 1 heteroatoms. The van der Waals surface area contributed by atoms with E-state index in [9.17, 15) is 0 Å². The van der Waals surface area contributed by atoms with Crippen molar-refractivity contribution in [2.75, 3.05) is 0 Å². The lowest BCUT2D eigenvalue weighted by Gasteiger charge is -2.04. The molecule has 0 aliphatic carbocycles. The van der Waals surface area contributed by atoms with Crippen molar-refractivity contribution in [2.24, 2.45) is 0 Å². The third-order valence-electron chi connectivity index (χ3n) is 1.81. The molecule has 0 aliphatic heterocycles.